The average Bonchev–Trinajstić information content (AvgIpc) is 2.47. The van der Waals surface area contributed by atoms with E-state index in [1.165, 1.54) is 8.61 Å². The molecule has 0 saturated carbocycles. The summed E-state index contributed by atoms with van der Waals surface area (Å²) in [5, 5.41) is 0.633. The largest absolute Gasteiger partial charge is 0.495 e. The minimum Gasteiger partial charge on any atom is -0.495 e. The van der Waals surface area contributed by atoms with Gasteiger partial charge in [-0.15, -0.1) is 0 Å². The van der Waals surface area contributed by atoms with Crippen molar-refractivity contribution in [1.82, 2.24) is 8.61 Å². The molecule has 0 amide bonds. The number of halogens is 1. The van der Waals surface area contributed by atoms with E-state index in [0.29, 0.717) is 31.2 Å². The predicted molar refractivity (Wildman–Crippen MR) is 84.4 cm³/mol. The second-order valence-corrected chi connectivity index (χ2v) is 7.57. The van der Waals surface area contributed by atoms with Crippen LogP contribution in [0.25, 0.3) is 0 Å². The van der Waals surface area contributed by atoms with Crippen molar-refractivity contribution >= 4 is 27.5 Å². The molecule has 1 saturated heterocycles. The Hall–Kier alpha value is -1.02. The fourth-order valence-corrected chi connectivity index (χ4v) is 3.55. The van der Waals surface area contributed by atoms with E-state index in [4.69, 9.17) is 16.3 Å². The summed E-state index contributed by atoms with van der Waals surface area (Å²) in [6.07, 6.45) is 0. The van der Waals surface area contributed by atoms with Gasteiger partial charge in [0.05, 0.1) is 12.8 Å². The van der Waals surface area contributed by atoms with Gasteiger partial charge in [0, 0.05) is 45.3 Å². The molecule has 1 fully saturated rings. The molecule has 21 heavy (non-hydrogen) atoms. The third kappa shape index (κ3) is 3.42. The Balaban J connectivity index is 2.13. The molecular formula is C13H20ClN3O3S. The number of rotatable bonds is 4. The van der Waals surface area contributed by atoms with Crippen LogP contribution >= 0.6 is 11.6 Å². The maximum atomic E-state index is 12.1. The van der Waals surface area contributed by atoms with Crippen LogP contribution in [0, 0.1) is 0 Å². The molecule has 0 bridgehead atoms. The molecule has 118 valence electrons. The standard InChI is InChI=1S/C13H20ClN3O3S/c1-15(2)21(18,19)17-8-6-16(7-9-17)12-10-11(14)4-5-13(12)20-3/h4-5,10H,6-9H2,1-3H3. The van der Waals surface area contributed by atoms with Gasteiger partial charge in [-0.2, -0.15) is 17.0 Å². The summed E-state index contributed by atoms with van der Waals surface area (Å²) in [5.74, 6) is 0.739. The SMILES string of the molecule is COc1ccc(Cl)cc1N1CCN(S(=O)(=O)N(C)C)CC1. The number of hydrogen-bond donors (Lipinski definition) is 0. The lowest BCUT2D eigenvalue weighted by Crippen LogP contribution is -2.51. The molecule has 2 rings (SSSR count). The van der Waals surface area contributed by atoms with Crippen molar-refractivity contribution in [2.24, 2.45) is 0 Å². The van der Waals surface area contributed by atoms with Crippen molar-refractivity contribution in [2.75, 3.05) is 52.3 Å². The van der Waals surface area contributed by atoms with Gasteiger partial charge in [-0.25, -0.2) is 0 Å². The van der Waals surface area contributed by atoms with Crippen molar-refractivity contribution in [1.29, 1.82) is 0 Å². The second-order valence-electron chi connectivity index (χ2n) is 4.99. The summed E-state index contributed by atoms with van der Waals surface area (Å²) in [6, 6.07) is 5.44. The van der Waals surface area contributed by atoms with Gasteiger partial charge in [-0.05, 0) is 18.2 Å². The van der Waals surface area contributed by atoms with Crippen LogP contribution in [0.2, 0.25) is 5.02 Å². The average molecular weight is 334 g/mol. The highest BCUT2D eigenvalue weighted by atomic mass is 35.5. The van der Waals surface area contributed by atoms with Crippen molar-refractivity contribution < 1.29 is 13.2 Å². The van der Waals surface area contributed by atoms with Crippen LogP contribution in [-0.4, -0.2) is 64.4 Å². The maximum absolute atomic E-state index is 12.1. The lowest BCUT2D eigenvalue weighted by atomic mass is 10.2. The Kier molecular flexibility index (Phi) is 4.98. The van der Waals surface area contributed by atoms with E-state index >= 15 is 0 Å². The Bertz CT molecular complexity index is 599. The molecular weight excluding hydrogens is 314 g/mol. The van der Waals surface area contributed by atoms with Crippen LogP contribution in [-0.2, 0) is 10.2 Å². The molecule has 0 aliphatic carbocycles. The van der Waals surface area contributed by atoms with Gasteiger partial charge in [0.15, 0.2) is 0 Å². The van der Waals surface area contributed by atoms with Gasteiger partial charge in [0.1, 0.15) is 5.75 Å². The molecule has 0 unspecified atom stereocenters. The van der Waals surface area contributed by atoms with E-state index in [9.17, 15) is 8.42 Å². The van der Waals surface area contributed by atoms with Crippen molar-refractivity contribution in [3.63, 3.8) is 0 Å². The van der Waals surface area contributed by atoms with E-state index in [1.54, 1.807) is 27.3 Å². The topological polar surface area (TPSA) is 53.1 Å². The predicted octanol–water partition coefficient (Wildman–Crippen LogP) is 1.28. The third-order valence-corrected chi connectivity index (χ3v) is 5.68. The Morgan fingerprint density at radius 1 is 1.19 bits per heavy atom. The fourth-order valence-electron chi connectivity index (χ4n) is 2.30. The first-order valence-electron chi connectivity index (χ1n) is 6.62. The second kappa shape index (κ2) is 6.39. The van der Waals surface area contributed by atoms with Crippen LogP contribution in [0.1, 0.15) is 0 Å². The monoisotopic (exact) mass is 333 g/mol. The molecule has 1 aromatic rings. The number of anilines is 1. The van der Waals surface area contributed by atoms with Crippen molar-refractivity contribution in [3.8, 4) is 5.75 Å². The molecule has 0 radical (unpaired) electrons. The van der Waals surface area contributed by atoms with Crippen LogP contribution in [0.15, 0.2) is 18.2 Å². The Labute approximate surface area is 131 Å². The number of piperazine rings is 1. The zero-order chi connectivity index (χ0) is 15.6. The summed E-state index contributed by atoms with van der Waals surface area (Å²) in [4.78, 5) is 2.09. The number of hydrogen-bond acceptors (Lipinski definition) is 4. The molecule has 1 aliphatic rings. The molecule has 0 N–H and O–H groups in total. The zero-order valence-electron chi connectivity index (χ0n) is 12.4. The van der Waals surface area contributed by atoms with Gasteiger partial charge >= 0.3 is 0 Å². The number of benzene rings is 1. The van der Waals surface area contributed by atoms with Gasteiger partial charge < -0.3 is 9.64 Å². The Morgan fingerprint density at radius 3 is 2.33 bits per heavy atom. The zero-order valence-corrected chi connectivity index (χ0v) is 14.0. The first-order chi connectivity index (χ1) is 9.86. The van der Waals surface area contributed by atoms with Crippen LogP contribution in [0.3, 0.4) is 0 Å². The lowest BCUT2D eigenvalue weighted by molar-refractivity contribution is 0.353. The molecule has 1 aliphatic heterocycles. The summed E-state index contributed by atoms with van der Waals surface area (Å²) in [5.41, 5.74) is 0.895. The molecule has 8 heteroatoms. The highest BCUT2D eigenvalue weighted by Gasteiger charge is 2.29. The van der Waals surface area contributed by atoms with Gasteiger partial charge in [0.25, 0.3) is 10.2 Å². The number of nitrogens with zero attached hydrogens (tertiary/aromatic N) is 3. The lowest BCUT2D eigenvalue weighted by Gasteiger charge is -2.36. The van der Waals surface area contributed by atoms with E-state index in [0.717, 1.165) is 11.4 Å². The van der Waals surface area contributed by atoms with Crippen molar-refractivity contribution in [2.45, 2.75) is 0 Å². The molecule has 0 atom stereocenters. The Morgan fingerprint density at radius 2 is 1.81 bits per heavy atom. The molecule has 1 heterocycles. The van der Waals surface area contributed by atoms with E-state index in [-0.39, 0.29) is 0 Å². The quantitative estimate of drug-likeness (QED) is 0.833. The molecule has 1 aromatic carbocycles. The van der Waals surface area contributed by atoms with E-state index < -0.39 is 10.2 Å². The summed E-state index contributed by atoms with van der Waals surface area (Å²) in [6.45, 7) is 2.08. The van der Waals surface area contributed by atoms with Gasteiger partial charge in [0.2, 0.25) is 0 Å². The summed E-state index contributed by atoms with van der Waals surface area (Å²) in [7, 11) is 1.35. The maximum Gasteiger partial charge on any atom is 0.281 e. The first-order valence-corrected chi connectivity index (χ1v) is 8.40. The normalized spacial score (nSPS) is 17.3. The molecule has 6 nitrogen and oxygen atoms in total. The minimum absolute atomic E-state index is 0.441. The molecule has 0 spiro atoms. The summed E-state index contributed by atoms with van der Waals surface area (Å²) >= 11 is 6.04. The first kappa shape index (κ1) is 16.4. The van der Waals surface area contributed by atoms with E-state index in [2.05, 4.69) is 4.90 Å². The number of ether oxygens (including phenoxy) is 1. The minimum atomic E-state index is -3.35. The van der Waals surface area contributed by atoms with Crippen LogP contribution < -0.4 is 9.64 Å². The molecule has 0 aromatic heterocycles. The van der Waals surface area contributed by atoms with Crippen LogP contribution in [0.4, 0.5) is 5.69 Å². The fraction of sp³-hybridized carbons (Fsp3) is 0.538. The third-order valence-electron chi connectivity index (χ3n) is 3.51. The highest BCUT2D eigenvalue weighted by Crippen LogP contribution is 2.32. The highest BCUT2D eigenvalue weighted by molar-refractivity contribution is 7.86. The van der Waals surface area contributed by atoms with Crippen LogP contribution in [0.5, 0.6) is 5.75 Å². The van der Waals surface area contributed by atoms with E-state index in [1.807, 2.05) is 12.1 Å². The van der Waals surface area contributed by atoms with Crippen molar-refractivity contribution in [3.05, 3.63) is 23.2 Å². The van der Waals surface area contributed by atoms with Gasteiger partial charge in [-0.1, -0.05) is 11.6 Å². The summed E-state index contributed by atoms with van der Waals surface area (Å²) < 4.78 is 32.3. The number of methoxy groups -OCH3 is 1. The van der Waals surface area contributed by atoms with Gasteiger partial charge in [-0.3, -0.25) is 0 Å². The smallest absolute Gasteiger partial charge is 0.281 e.